The summed E-state index contributed by atoms with van der Waals surface area (Å²) in [6.45, 7) is 0. The van der Waals surface area contributed by atoms with Crippen LogP contribution in [0.3, 0.4) is 0 Å². The number of nitriles is 1. The van der Waals surface area contributed by atoms with Crippen molar-refractivity contribution in [2.45, 2.75) is 11.6 Å². The molecule has 80 valence electrons. The van der Waals surface area contributed by atoms with E-state index in [4.69, 9.17) is 16.7 Å². The van der Waals surface area contributed by atoms with E-state index in [2.05, 4.69) is 6.07 Å². The molecule has 4 N–H and O–H groups in total. The van der Waals surface area contributed by atoms with E-state index in [9.17, 15) is 0 Å². The zero-order valence-corrected chi connectivity index (χ0v) is 8.80. The highest BCUT2D eigenvalue weighted by atomic mass is 14.8. The topological polar surface area (TPSA) is 75.8 Å². The van der Waals surface area contributed by atoms with Gasteiger partial charge in [0.1, 0.15) is 0 Å². The van der Waals surface area contributed by atoms with Crippen molar-refractivity contribution in [2.75, 3.05) is 0 Å². The lowest BCUT2D eigenvalue weighted by Crippen LogP contribution is -2.50. The number of nitrogens with zero attached hydrogens (tertiary/aromatic N) is 1. The van der Waals surface area contributed by atoms with E-state index in [1.54, 1.807) is 12.1 Å². The molecule has 0 bridgehead atoms. The van der Waals surface area contributed by atoms with E-state index in [0.29, 0.717) is 5.56 Å². The normalized spacial score (nSPS) is 27.7. The second kappa shape index (κ2) is 3.93. The third kappa shape index (κ3) is 1.65. The fourth-order valence-electron chi connectivity index (χ4n) is 1.79. The van der Waals surface area contributed by atoms with E-state index in [0.717, 1.165) is 5.56 Å². The third-order valence-corrected chi connectivity index (χ3v) is 2.87. The van der Waals surface area contributed by atoms with Crippen LogP contribution in [0.4, 0.5) is 0 Å². The summed E-state index contributed by atoms with van der Waals surface area (Å²) < 4.78 is 0. The van der Waals surface area contributed by atoms with E-state index < -0.39 is 5.54 Å². The zero-order chi connectivity index (χ0) is 11.6. The summed E-state index contributed by atoms with van der Waals surface area (Å²) >= 11 is 0. The van der Waals surface area contributed by atoms with E-state index in [1.807, 2.05) is 36.4 Å². The zero-order valence-electron chi connectivity index (χ0n) is 8.80. The Bertz CT molecular complexity index is 479. The van der Waals surface area contributed by atoms with Crippen LogP contribution in [0.5, 0.6) is 0 Å². The van der Waals surface area contributed by atoms with Gasteiger partial charge in [0.15, 0.2) is 0 Å². The molecule has 2 unspecified atom stereocenters. The van der Waals surface area contributed by atoms with E-state index >= 15 is 0 Å². The van der Waals surface area contributed by atoms with Crippen molar-refractivity contribution in [1.82, 2.24) is 0 Å². The lowest BCUT2D eigenvalue weighted by Gasteiger charge is -2.33. The van der Waals surface area contributed by atoms with Crippen molar-refractivity contribution < 1.29 is 0 Å². The molecule has 0 spiro atoms. The summed E-state index contributed by atoms with van der Waals surface area (Å²) in [5, 5.41) is 8.72. The van der Waals surface area contributed by atoms with Gasteiger partial charge < -0.3 is 11.5 Å². The lowest BCUT2D eigenvalue weighted by molar-refractivity contribution is 0.492. The Morgan fingerprint density at radius 1 is 1.19 bits per heavy atom. The van der Waals surface area contributed by atoms with Crippen LogP contribution in [0.2, 0.25) is 0 Å². The maximum Gasteiger partial charge on any atom is 0.0991 e. The average Bonchev–Trinajstić information content (AvgIpc) is 2.33. The molecule has 0 aliphatic heterocycles. The Hall–Kier alpha value is -1.89. The van der Waals surface area contributed by atoms with Crippen LogP contribution < -0.4 is 11.5 Å². The first-order valence-electron chi connectivity index (χ1n) is 5.08. The highest BCUT2D eigenvalue weighted by Gasteiger charge is 2.31. The quantitative estimate of drug-likeness (QED) is 0.732. The molecule has 0 amide bonds. The molecule has 0 saturated carbocycles. The molecule has 1 aromatic rings. The molecule has 0 saturated heterocycles. The summed E-state index contributed by atoms with van der Waals surface area (Å²) in [6.07, 6.45) is 7.54. The SMILES string of the molecule is N#Cc1ccc(C2(N)C=CC=CC2N)cc1. The van der Waals surface area contributed by atoms with E-state index in [1.165, 1.54) is 0 Å². The Morgan fingerprint density at radius 3 is 2.44 bits per heavy atom. The Kier molecular flexibility index (Phi) is 2.61. The molecule has 0 radical (unpaired) electrons. The molecule has 1 aliphatic carbocycles. The largest absolute Gasteiger partial charge is 0.322 e. The summed E-state index contributed by atoms with van der Waals surface area (Å²) in [5.41, 5.74) is 13.1. The highest BCUT2D eigenvalue weighted by molar-refractivity contribution is 5.41. The van der Waals surface area contributed by atoms with Gasteiger partial charge in [-0.3, -0.25) is 0 Å². The molecule has 2 atom stereocenters. The predicted molar refractivity (Wildman–Crippen MR) is 63.3 cm³/mol. The number of hydrogen-bond donors (Lipinski definition) is 2. The monoisotopic (exact) mass is 211 g/mol. The second-order valence-electron chi connectivity index (χ2n) is 3.89. The first-order chi connectivity index (χ1) is 7.66. The van der Waals surface area contributed by atoms with Crippen LogP contribution in [-0.2, 0) is 5.54 Å². The predicted octanol–water partition coefficient (Wildman–Crippen LogP) is 1.17. The Labute approximate surface area is 94.7 Å². The van der Waals surface area contributed by atoms with Gasteiger partial charge in [-0.15, -0.1) is 0 Å². The number of nitrogens with two attached hydrogens (primary N) is 2. The van der Waals surface area contributed by atoms with Crippen molar-refractivity contribution in [3.8, 4) is 6.07 Å². The summed E-state index contributed by atoms with van der Waals surface area (Å²) in [5.74, 6) is 0. The van der Waals surface area contributed by atoms with Gasteiger partial charge in [0.05, 0.1) is 17.2 Å². The van der Waals surface area contributed by atoms with Gasteiger partial charge in [-0.05, 0) is 17.7 Å². The van der Waals surface area contributed by atoms with Crippen molar-refractivity contribution in [3.05, 3.63) is 59.7 Å². The van der Waals surface area contributed by atoms with Crippen LogP contribution in [0.1, 0.15) is 11.1 Å². The molecule has 16 heavy (non-hydrogen) atoms. The van der Waals surface area contributed by atoms with Crippen molar-refractivity contribution in [1.29, 1.82) is 5.26 Å². The standard InChI is InChI=1S/C13H13N3/c14-9-10-4-6-11(7-5-10)13(16)8-2-1-3-12(13)15/h1-8,12H,15-16H2. The van der Waals surface area contributed by atoms with Crippen LogP contribution in [0.25, 0.3) is 0 Å². The Balaban J connectivity index is 2.40. The smallest absolute Gasteiger partial charge is 0.0991 e. The highest BCUT2D eigenvalue weighted by Crippen LogP contribution is 2.26. The number of rotatable bonds is 1. The van der Waals surface area contributed by atoms with Gasteiger partial charge in [-0.2, -0.15) is 5.26 Å². The second-order valence-corrected chi connectivity index (χ2v) is 3.89. The summed E-state index contributed by atoms with van der Waals surface area (Å²) in [7, 11) is 0. The fraction of sp³-hybridized carbons (Fsp3) is 0.154. The first-order valence-corrected chi connectivity index (χ1v) is 5.08. The fourth-order valence-corrected chi connectivity index (χ4v) is 1.79. The van der Waals surface area contributed by atoms with Crippen LogP contribution in [0, 0.1) is 11.3 Å². The maximum absolute atomic E-state index is 8.72. The van der Waals surface area contributed by atoms with Gasteiger partial charge >= 0.3 is 0 Å². The van der Waals surface area contributed by atoms with Crippen LogP contribution >= 0.6 is 0 Å². The number of allylic oxidation sites excluding steroid dienone is 2. The van der Waals surface area contributed by atoms with Crippen molar-refractivity contribution >= 4 is 0 Å². The molecular formula is C13H13N3. The summed E-state index contributed by atoms with van der Waals surface area (Å²) in [6, 6.07) is 9.04. The first kappa shape index (κ1) is 10.6. The number of benzene rings is 1. The summed E-state index contributed by atoms with van der Waals surface area (Å²) in [4.78, 5) is 0. The molecule has 2 rings (SSSR count). The molecule has 1 aromatic carbocycles. The van der Waals surface area contributed by atoms with Gasteiger partial charge in [0.2, 0.25) is 0 Å². The molecule has 0 fully saturated rings. The van der Waals surface area contributed by atoms with Gasteiger partial charge in [-0.25, -0.2) is 0 Å². The number of hydrogen-bond acceptors (Lipinski definition) is 3. The van der Waals surface area contributed by atoms with Crippen molar-refractivity contribution in [3.63, 3.8) is 0 Å². The van der Waals surface area contributed by atoms with Crippen LogP contribution in [0.15, 0.2) is 48.6 Å². The van der Waals surface area contributed by atoms with Crippen LogP contribution in [-0.4, -0.2) is 6.04 Å². The minimum atomic E-state index is -0.678. The van der Waals surface area contributed by atoms with Gasteiger partial charge in [-0.1, -0.05) is 36.4 Å². The Morgan fingerprint density at radius 2 is 1.88 bits per heavy atom. The minimum absolute atomic E-state index is 0.245. The lowest BCUT2D eigenvalue weighted by atomic mass is 9.81. The van der Waals surface area contributed by atoms with Gasteiger partial charge in [0.25, 0.3) is 0 Å². The molecule has 0 aromatic heterocycles. The minimum Gasteiger partial charge on any atom is -0.322 e. The third-order valence-electron chi connectivity index (χ3n) is 2.87. The van der Waals surface area contributed by atoms with E-state index in [-0.39, 0.29) is 6.04 Å². The maximum atomic E-state index is 8.72. The van der Waals surface area contributed by atoms with Crippen molar-refractivity contribution in [2.24, 2.45) is 11.5 Å². The molecule has 1 aliphatic rings. The van der Waals surface area contributed by atoms with Gasteiger partial charge in [0, 0.05) is 6.04 Å². The molecule has 0 heterocycles. The average molecular weight is 211 g/mol. The molecular weight excluding hydrogens is 198 g/mol. The molecule has 3 nitrogen and oxygen atoms in total. The molecule has 3 heteroatoms.